The number of aromatic nitrogens is 2. The molecular weight excluding hydrogens is 363 g/mol. The third kappa shape index (κ3) is 3.32. The lowest BCUT2D eigenvalue weighted by atomic mass is 9.77. The Bertz CT molecular complexity index is 891. The van der Waals surface area contributed by atoms with Gasteiger partial charge >= 0.3 is 6.18 Å². The molecule has 0 radical (unpaired) electrons. The number of hydrogen-bond donors (Lipinski definition) is 3. The molecule has 0 saturated heterocycles. The summed E-state index contributed by atoms with van der Waals surface area (Å²) in [5, 5.41) is 31.5. The SMILES string of the molecule is C[C@]1(O)C[C@@H](Nc2nnc(-c3ccc(C(F)(F)F)cc3O)c3c2COC3)C1. The van der Waals surface area contributed by atoms with Gasteiger partial charge in [-0.2, -0.15) is 13.2 Å². The van der Waals surface area contributed by atoms with E-state index >= 15 is 0 Å². The summed E-state index contributed by atoms with van der Waals surface area (Å²) in [5.41, 5.74) is 0.325. The van der Waals surface area contributed by atoms with Crippen LogP contribution in [0.1, 0.15) is 36.5 Å². The Labute approximate surface area is 153 Å². The molecule has 3 N–H and O–H groups in total. The van der Waals surface area contributed by atoms with E-state index in [9.17, 15) is 23.4 Å². The zero-order valence-electron chi connectivity index (χ0n) is 14.5. The van der Waals surface area contributed by atoms with Crippen molar-refractivity contribution in [2.45, 2.75) is 50.8 Å². The molecule has 0 atom stereocenters. The number of benzene rings is 1. The largest absolute Gasteiger partial charge is 0.507 e. The first kappa shape index (κ1) is 18.0. The minimum absolute atomic E-state index is 0.0734. The second-order valence-electron chi connectivity index (χ2n) is 7.32. The van der Waals surface area contributed by atoms with Crippen LogP contribution in [0, 0.1) is 0 Å². The van der Waals surface area contributed by atoms with Crippen molar-refractivity contribution >= 4 is 5.82 Å². The number of aliphatic hydroxyl groups is 1. The Balaban J connectivity index is 1.66. The summed E-state index contributed by atoms with van der Waals surface area (Å²) in [6.07, 6.45) is -3.36. The summed E-state index contributed by atoms with van der Waals surface area (Å²) in [7, 11) is 0. The average molecular weight is 381 g/mol. The number of ether oxygens (including phenoxy) is 1. The van der Waals surface area contributed by atoms with E-state index < -0.39 is 23.1 Å². The summed E-state index contributed by atoms with van der Waals surface area (Å²) in [6, 6.07) is 2.85. The van der Waals surface area contributed by atoms with Crippen molar-refractivity contribution < 1.29 is 28.1 Å². The minimum Gasteiger partial charge on any atom is -0.507 e. The molecule has 1 aromatic heterocycles. The van der Waals surface area contributed by atoms with E-state index in [-0.39, 0.29) is 18.2 Å². The van der Waals surface area contributed by atoms with Crippen LogP contribution in [0.5, 0.6) is 5.75 Å². The number of anilines is 1. The first-order valence-corrected chi connectivity index (χ1v) is 8.50. The van der Waals surface area contributed by atoms with Crippen molar-refractivity contribution in [3.8, 4) is 17.0 Å². The summed E-state index contributed by atoms with van der Waals surface area (Å²) >= 11 is 0. The maximum atomic E-state index is 12.8. The quantitative estimate of drug-likeness (QED) is 0.757. The lowest BCUT2D eigenvalue weighted by molar-refractivity contribution is -0.137. The number of fused-ring (bicyclic) bond motifs is 1. The minimum atomic E-state index is -4.54. The summed E-state index contributed by atoms with van der Waals surface area (Å²) in [4.78, 5) is 0. The van der Waals surface area contributed by atoms with Crippen LogP contribution in [0.4, 0.5) is 19.0 Å². The normalized spacial score (nSPS) is 24.4. The van der Waals surface area contributed by atoms with Crippen molar-refractivity contribution in [3.05, 3.63) is 34.9 Å². The first-order valence-electron chi connectivity index (χ1n) is 8.50. The van der Waals surface area contributed by atoms with Crippen LogP contribution in [0.2, 0.25) is 0 Å². The van der Waals surface area contributed by atoms with Crippen LogP contribution in [0.3, 0.4) is 0 Å². The maximum absolute atomic E-state index is 12.8. The fourth-order valence-corrected chi connectivity index (χ4v) is 3.61. The van der Waals surface area contributed by atoms with E-state index in [4.69, 9.17) is 4.74 Å². The van der Waals surface area contributed by atoms with Gasteiger partial charge in [-0.3, -0.25) is 0 Å². The molecule has 0 bridgehead atoms. The highest BCUT2D eigenvalue weighted by atomic mass is 19.4. The van der Waals surface area contributed by atoms with Crippen LogP contribution in [-0.2, 0) is 24.1 Å². The molecule has 2 aromatic rings. The van der Waals surface area contributed by atoms with Crippen LogP contribution in [0.15, 0.2) is 18.2 Å². The Morgan fingerprint density at radius 3 is 2.52 bits per heavy atom. The zero-order valence-corrected chi connectivity index (χ0v) is 14.5. The van der Waals surface area contributed by atoms with E-state index in [2.05, 4.69) is 15.5 Å². The molecule has 4 rings (SSSR count). The van der Waals surface area contributed by atoms with Crippen molar-refractivity contribution in [2.24, 2.45) is 0 Å². The lowest BCUT2D eigenvalue weighted by Crippen LogP contribution is -2.48. The number of hydrogen-bond acceptors (Lipinski definition) is 6. The van der Waals surface area contributed by atoms with Gasteiger partial charge in [0, 0.05) is 22.7 Å². The number of phenolic OH excluding ortho intramolecular Hbond substituents is 1. The van der Waals surface area contributed by atoms with Gasteiger partial charge in [-0.1, -0.05) is 0 Å². The Kier molecular flexibility index (Phi) is 4.04. The summed E-state index contributed by atoms with van der Waals surface area (Å²) < 4.78 is 43.9. The summed E-state index contributed by atoms with van der Waals surface area (Å²) in [6.45, 7) is 2.29. The highest BCUT2D eigenvalue weighted by molar-refractivity contribution is 5.73. The fraction of sp³-hybridized carbons (Fsp3) is 0.444. The van der Waals surface area contributed by atoms with Gasteiger partial charge in [0.15, 0.2) is 5.82 Å². The van der Waals surface area contributed by atoms with E-state index in [0.717, 1.165) is 11.6 Å². The fourth-order valence-electron chi connectivity index (χ4n) is 3.61. The second kappa shape index (κ2) is 6.07. The molecule has 1 aromatic carbocycles. The van der Waals surface area contributed by atoms with E-state index in [1.54, 1.807) is 6.92 Å². The molecule has 2 heterocycles. The number of aromatic hydroxyl groups is 1. The number of rotatable bonds is 3. The molecule has 0 spiro atoms. The van der Waals surface area contributed by atoms with Gasteiger partial charge in [-0.05, 0) is 38.0 Å². The molecule has 0 unspecified atom stereocenters. The Morgan fingerprint density at radius 1 is 1.19 bits per heavy atom. The Morgan fingerprint density at radius 2 is 1.89 bits per heavy atom. The molecule has 27 heavy (non-hydrogen) atoms. The lowest BCUT2D eigenvalue weighted by Gasteiger charge is -2.41. The monoisotopic (exact) mass is 381 g/mol. The summed E-state index contributed by atoms with van der Waals surface area (Å²) in [5.74, 6) is 0.0297. The van der Waals surface area contributed by atoms with Gasteiger partial charge in [0.25, 0.3) is 0 Å². The van der Waals surface area contributed by atoms with Crippen molar-refractivity contribution in [1.82, 2.24) is 10.2 Å². The third-order valence-electron chi connectivity index (χ3n) is 4.97. The first-order chi connectivity index (χ1) is 12.6. The van der Waals surface area contributed by atoms with E-state index in [1.807, 2.05) is 0 Å². The van der Waals surface area contributed by atoms with Gasteiger partial charge in [-0.15, -0.1) is 10.2 Å². The third-order valence-corrected chi connectivity index (χ3v) is 4.97. The van der Waals surface area contributed by atoms with Gasteiger partial charge in [0.1, 0.15) is 11.4 Å². The average Bonchev–Trinajstić information content (AvgIpc) is 3.03. The van der Waals surface area contributed by atoms with Crippen LogP contribution < -0.4 is 5.32 Å². The highest BCUT2D eigenvalue weighted by Gasteiger charge is 2.39. The van der Waals surface area contributed by atoms with Crippen molar-refractivity contribution in [1.29, 1.82) is 0 Å². The van der Waals surface area contributed by atoms with Crippen molar-refractivity contribution in [3.63, 3.8) is 0 Å². The number of nitrogens with zero attached hydrogens (tertiary/aromatic N) is 2. The van der Waals surface area contributed by atoms with Crippen LogP contribution in [-0.4, -0.2) is 32.1 Å². The maximum Gasteiger partial charge on any atom is 0.416 e. The molecule has 144 valence electrons. The van der Waals surface area contributed by atoms with E-state index in [1.165, 1.54) is 6.07 Å². The van der Waals surface area contributed by atoms with Gasteiger partial charge < -0.3 is 20.3 Å². The molecule has 1 aliphatic heterocycles. The highest BCUT2D eigenvalue weighted by Crippen LogP contribution is 2.40. The smallest absolute Gasteiger partial charge is 0.416 e. The van der Waals surface area contributed by atoms with Crippen LogP contribution >= 0.6 is 0 Å². The molecule has 9 heteroatoms. The number of nitrogens with one attached hydrogen (secondary N) is 1. The molecule has 1 saturated carbocycles. The van der Waals surface area contributed by atoms with E-state index in [0.29, 0.717) is 42.6 Å². The molecule has 1 fully saturated rings. The molecule has 0 amide bonds. The Hall–Kier alpha value is -2.39. The molecule has 1 aliphatic carbocycles. The van der Waals surface area contributed by atoms with Gasteiger partial charge in [0.05, 0.1) is 24.4 Å². The zero-order chi connectivity index (χ0) is 19.4. The van der Waals surface area contributed by atoms with Crippen molar-refractivity contribution in [2.75, 3.05) is 5.32 Å². The molecular formula is C18H18F3N3O3. The predicted octanol–water partition coefficient (Wildman–Crippen LogP) is 3.22. The molecule has 6 nitrogen and oxygen atoms in total. The second-order valence-corrected chi connectivity index (χ2v) is 7.32. The predicted molar refractivity (Wildman–Crippen MR) is 89.9 cm³/mol. The number of alkyl halides is 3. The molecule has 2 aliphatic rings. The topological polar surface area (TPSA) is 87.5 Å². The van der Waals surface area contributed by atoms with Crippen LogP contribution in [0.25, 0.3) is 11.3 Å². The number of halogens is 3. The number of phenols is 1. The van der Waals surface area contributed by atoms with Gasteiger partial charge in [0.2, 0.25) is 0 Å². The standard InChI is InChI=1S/C18H18F3N3O3/c1-17(26)5-10(6-17)22-16-13-8-27-7-12(13)15(23-24-16)11-3-2-9(4-14(11)25)18(19,20)21/h2-4,10,25-26H,5-8H2,1H3,(H,22,24)/t10-,17+. The van der Waals surface area contributed by atoms with Gasteiger partial charge in [-0.25, -0.2) is 0 Å².